The zero-order valence-electron chi connectivity index (χ0n) is 17.5. The van der Waals surface area contributed by atoms with Crippen molar-refractivity contribution in [2.45, 2.75) is 32.9 Å². The maximum Gasteiger partial charge on any atom is 0.275 e. The topological polar surface area (TPSA) is 55.0 Å². The van der Waals surface area contributed by atoms with Crippen LogP contribution >= 0.6 is 0 Å². The zero-order valence-corrected chi connectivity index (χ0v) is 17.5. The average molecular weight is 396 g/mol. The Bertz CT molecular complexity index is 814. The largest absolute Gasteiger partial charge is 0.341 e. The molecule has 0 aromatic heterocycles. The molecule has 1 atom stereocenters. The lowest BCUT2D eigenvalue weighted by Crippen LogP contribution is -3.28. The standard InChI is InChI=1S/C24H31N3O2/c1-19-7-6-10-22(15-19)17-26-11-13-27(14-12-26)18-24(29)25-23(20(2)28)16-21-8-4-3-5-9-21/h3-10,15,23H,11-14,16-18H2,1-2H3,(H,25,29)/p+2/t23-/m0/s1. The Balaban J connectivity index is 1.44. The van der Waals surface area contributed by atoms with E-state index in [2.05, 4.69) is 36.5 Å². The molecule has 0 spiro atoms. The Morgan fingerprint density at radius 2 is 1.59 bits per heavy atom. The molecule has 0 saturated carbocycles. The molecule has 5 nitrogen and oxygen atoms in total. The number of rotatable bonds is 8. The quantitative estimate of drug-likeness (QED) is 0.570. The number of quaternary nitrogens is 2. The molecule has 2 aromatic rings. The van der Waals surface area contributed by atoms with E-state index in [1.54, 1.807) is 11.8 Å². The van der Waals surface area contributed by atoms with Crippen molar-refractivity contribution in [3.05, 3.63) is 71.3 Å². The van der Waals surface area contributed by atoms with Gasteiger partial charge in [-0.2, -0.15) is 0 Å². The van der Waals surface area contributed by atoms with Crippen molar-refractivity contribution in [3.8, 4) is 0 Å². The number of hydrogen-bond donors (Lipinski definition) is 3. The Hall–Kier alpha value is -2.50. The summed E-state index contributed by atoms with van der Waals surface area (Å²) in [6, 6.07) is 18.1. The fourth-order valence-electron chi connectivity index (χ4n) is 4.04. The molecule has 1 aliphatic heterocycles. The lowest BCUT2D eigenvalue weighted by Gasteiger charge is -2.29. The van der Waals surface area contributed by atoms with E-state index < -0.39 is 6.04 Å². The van der Waals surface area contributed by atoms with E-state index in [4.69, 9.17) is 0 Å². The molecule has 3 N–H and O–H groups in total. The first-order valence-electron chi connectivity index (χ1n) is 10.6. The van der Waals surface area contributed by atoms with Gasteiger partial charge in [0.25, 0.3) is 5.91 Å². The predicted molar refractivity (Wildman–Crippen MR) is 114 cm³/mol. The van der Waals surface area contributed by atoms with Gasteiger partial charge in [-0.1, -0.05) is 60.2 Å². The number of aryl methyl sites for hydroxylation is 1. The summed E-state index contributed by atoms with van der Waals surface area (Å²) < 4.78 is 0. The first-order chi connectivity index (χ1) is 14.0. The molecule has 1 fully saturated rings. The van der Waals surface area contributed by atoms with Crippen molar-refractivity contribution in [2.24, 2.45) is 0 Å². The molecule has 2 aromatic carbocycles. The molecular formula is C24H33N3O2+2. The summed E-state index contributed by atoms with van der Waals surface area (Å²) in [5.41, 5.74) is 3.75. The molecule has 0 radical (unpaired) electrons. The van der Waals surface area contributed by atoms with Gasteiger partial charge in [0.05, 0.1) is 6.04 Å². The van der Waals surface area contributed by atoms with Crippen molar-refractivity contribution in [3.63, 3.8) is 0 Å². The van der Waals surface area contributed by atoms with Crippen LogP contribution < -0.4 is 15.1 Å². The number of piperazine rings is 1. The van der Waals surface area contributed by atoms with Crippen molar-refractivity contribution in [2.75, 3.05) is 32.7 Å². The van der Waals surface area contributed by atoms with Gasteiger partial charge >= 0.3 is 0 Å². The van der Waals surface area contributed by atoms with Crippen LogP contribution in [0.4, 0.5) is 0 Å². The minimum atomic E-state index is -0.447. The first-order valence-corrected chi connectivity index (χ1v) is 10.6. The molecule has 0 unspecified atom stereocenters. The minimum absolute atomic E-state index is 0.00428. The van der Waals surface area contributed by atoms with E-state index in [0.29, 0.717) is 13.0 Å². The van der Waals surface area contributed by atoms with Gasteiger partial charge < -0.3 is 15.1 Å². The second-order valence-electron chi connectivity index (χ2n) is 8.26. The number of carbonyl (C=O) groups excluding carboxylic acids is 2. The number of nitrogens with one attached hydrogen (secondary N) is 3. The van der Waals surface area contributed by atoms with Gasteiger partial charge in [0, 0.05) is 5.56 Å². The number of amides is 1. The highest BCUT2D eigenvalue weighted by molar-refractivity contribution is 5.88. The van der Waals surface area contributed by atoms with Gasteiger partial charge in [0.1, 0.15) is 32.7 Å². The van der Waals surface area contributed by atoms with Crippen molar-refractivity contribution in [1.82, 2.24) is 5.32 Å². The third-order valence-electron chi connectivity index (χ3n) is 5.72. The van der Waals surface area contributed by atoms with E-state index in [1.807, 2.05) is 30.3 Å². The third kappa shape index (κ3) is 6.80. The van der Waals surface area contributed by atoms with Gasteiger partial charge in [-0.15, -0.1) is 0 Å². The van der Waals surface area contributed by atoms with Crippen LogP contribution in [0, 0.1) is 6.92 Å². The van der Waals surface area contributed by atoms with Crippen LogP contribution in [-0.2, 0) is 22.6 Å². The van der Waals surface area contributed by atoms with Crippen LogP contribution in [0.25, 0.3) is 0 Å². The van der Waals surface area contributed by atoms with E-state index >= 15 is 0 Å². The molecular weight excluding hydrogens is 362 g/mol. The smallest absolute Gasteiger partial charge is 0.275 e. The van der Waals surface area contributed by atoms with Crippen LogP contribution in [-0.4, -0.2) is 50.5 Å². The fourth-order valence-corrected chi connectivity index (χ4v) is 4.04. The first kappa shape index (κ1) is 21.2. The number of ketones is 1. The highest BCUT2D eigenvalue weighted by Crippen LogP contribution is 2.04. The van der Waals surface area contributed by atoms with Gasteiger partial charge in [0.15, 0.2) is 12.3 Å². The number of hydrogen-bond acceptors (Lipinski definition) is 2. The zero-order chi connectivity index (χ0) is 20.6. The lowest BCUT2D eigenvalue weighted by atomic mass is 10.0. The summed E-state index contributed by atoms with van der Waals surface area (Å²) in [6.45, 7) is 9.27. The molecule has 1 aliphatic rings. The summed E-state index contributed by atoms with van der Waals surface area (Å²) >= 11 is 0. The monoisotopic (exact) mass is 395 g/mol. The summed E-state index contributed by atoms with van der Waals surface area (Å²) in [5.74, 6) is -0.0251. The fraction of sp³-hybridized carbons (Fsp3) is 0.417. The molecule has 1 saturated heterocycles. The van der Waals surface area contributed by atoms with E-state index in [9.17, 15) is 9.59 Å². The SMILES string of the molecule is CC(=O)[C@H](Cc1ccccc1)NC(=O)C[NH+]1CC[NH+](Cc2cccc(C)c2)CC1. The molecule has 0 bridgehead atoms. The van der Waals surface area contributed by atoms with Crippen LogP contribution in [0.5, 0.6) is 0 Å². The molecule has 1 heterocycles. The number of carbonyl (C=O) groups is 2. The Kier molecular flexibility index (Phi) is 7.55. The maximum atomic E-state index is 12.5. The Labute approximate surface area is 173 Å². The molecule has 154 valence electrons. The molecule has 1 amide bonds. The third-order valence-corrected chi connectivity index (χ3v) is 5.72. The van der Waals surface area contributed by atoms with Crippen LogP contribution in [0.2, 0.25) is 0 Å². The second-order valence-corrected chi connectivity index (χ2v) is 8.26. The molecule has 0 aliphatic carbocycles. The van der Waals surface area contributed by atoms with Crippen molar-refractivity contribution < 1.29 is 19.4 Å². The number of Topliss-reactive ketones (excluding diaryl/α,β-unsaturated/α-hetero) is 1. The second kappa shape index (κ2) is 10.3. The lowest BCUT2D eigenvalue weighted by molar-refractivity contribution is -1.02. The predicted octanol–water partition coefficient (Wildman–Crippen LogP) is -0.405. The van der Waals surface area contributed by atoms with Crippen molar-refractivity contribution in [1.29, 1.82) is 0 Å². The highest BCUT2D eigenvalue weighted by Gasteiger charge is 2.26. The van der Waals surface area contributed by atoms with Gasteiger partial charge in [0.2, 0.25) is 0 Å². The van der Waals surface area contributed by atoms with Crippen LogP contribution in [0.15, 0.2) is 54.6 Å². The molecule has 5 heteroatoms. The van der Waals surface area contributed by atoms with E-state index in [1.165, 1.54) is 16.0 Å². The summed E-state index contributed by atoms with van der Waals surface area (Å²) in [4.78, 5) is 27.4. The van der Waals surface area contributed by atoms with E-state index in [0.717, 1.165) is 38.3 Å². The summed E-state index contributed by atoms with van der Waals surface area (Å²) in [5, 5.41) is 2.95. The molecule has 29 heavy (non-hydrogen) atoms. The maximum absolute atomic E-state index is 12.5. The summed E-state index contributed by atoms with van der Waals surface area (Å²) in [7, 11) is 0. The minimum Gasteiger partial charge on any atom is -0.341 e. The Morgan fingerprint density at radius 3 is 2.24 bits per heavy atom. The Morgan fingerprint density at radius 1 is 0.931 bits per heavy atom. The highest BCUT2D eigenvalue weighted by atomic mass is 16.2. The normalized spacial score (nSPS) is 20.1. The van der Waals surface area contributed by atoms with Gasteiger partial charge in [-0.3, -0.25) is 9.59 Å². The van der Waals surface area contributed by atoms with E-state index in [-0.39, 0.29) is 11.7 Å². The average Bonchev–Trinajstić information content (AvgIpc) is 2.70. The number of benzene rings is 2. The van der Waals surface area contributed by atoms with Crippen LogP contribution in [0.1, 0.15) is 23.6 Å². The summed E-state index contributed by atoms with van der Waals surface area (Å²) in [6.07, 6.45) is 0.547. The molecule has 3 rings (SSSR count). The van der Waals surface area contributed by atoms with Gasteiger partial charge in [-0.25, -0.2) is 0 Å². The van der Waals surface area contributed by atoms with Crippen molar-refractivity contribution >= 4 is 11.7 Å². The van der Waals surface area contributed by atoms with Crippen LogP contribution in [0.3, 0.4) is 0 Å². The van der Waals surface area contributed by atoms with Gasteiger partial charge in [-0.05, 0) is 25.8 Å².